The summed E-state index contributed by atoms with van der Waals surface area (Å²) in [5, 5.41) is 0. The number of hydrogen-bond acceptors (Lipinski definition) is 1. The Kier molecular flexibility index (Phi) is 3.14. The first-order valence-corrected chi connectivity index (χ1v) is 5.79. The summed E-state index contributed by atoms with van der Waals surface area (Å²) in [5.41, 5.74) is 4.53. The molecular weight excluding hydrogens is 210 g/mol. The monoisotopic (exact) mass is 227 g/mol. The van der Waals surface area contributed by atoms with Gasteiger partial charge in [-0.2, -0.15) is 0 Å². The highest BCUT2D eigenvalue weighted by atomic mass is 16.1. The van der Waals surface area contributed by atoms with E-state index in [1.807, 2.05) is 22.9 Å². The number of Topliss-reactive ketones (excluding diaryl/α,β-unsaturated/α-hetero) is 1. The molecule has 0 spiro atoms. The van der Waals surface area contributed by atoms with Gasteiger partial charge in [0.2, 0.25) is 0 Å². The van der Waals surface area contributed by atoms with Crippen LogP contribution in [0.4, 0.5) is 0 Å². The lowest BCUT2D eigenvalue weighted by atomic mass is 10.1. The van der Waals surface area contributed by atoms with Crippen LogP contribution < -0.4 is 0 Å². The molecule has 2 nitrogen and oxygen atoms in total. The molecule has 0 unspecified atom stereocenters. The first-order chi connectivity index (χ1) is 8.06. The minimum atomic E-state index is 0.111. The Morgan fingerprint density at radius 3 is 2.41 bits per heavy atom. The molecule has 0 bridgehead atoms. The fourth-order valence-corrected chi connectivity index (χ4v) is 2.23. The van der Waals surface area contributed by atoms with Crippen LogP contribution in [0.5, 0.6) is 0 Å². The van der Waals surface area contributed by atoms with E-state index >= 15 is 0 Å². The van der Waals surface area contributed by atoms with Crippen molar-refractivity contribution in [2.45, 2.75) is 27.3 Å². The summed E-state index contributed by atoms with van der Waals surface area (Å²) in [6.07, 6.45) is 1.95. The van der Waals surface area contributed by atoms with E-state index in [0.717, 1.165) is 12.2 Å². The van der Waals surface area contributed by atoms with Gasteiger partial charge >= 0.3 is 0 Å². The fourth-order valence-electron chi connectivity index (χ4n) is 2.23. The maximum Gasteiger partial charge on any atom is 0.176 e. The lowest BCUT2D eigenvalue weighted by molar-refractivity contribution is 0.100. The minimum absolute atomic E-state index is 0.111. The van der Waals surface area contributed by atoms with Crippen molar-refractivity contribution in [1.29, 1.82) is 0 Å². The number of nitrogens with zero attached hydrogens (tertiary/aromatic N) is 1. The third-order valence-electron chi connectivity index (χ3n) is 2.82. The van der Waals surface area contributed by atoms with Gasteiger partial charge in [-0.25, -0.2) is 0 Å². The summed E-state index contributed by atoms with van der Waals surface area (Å²) in [6, 6.07) is 10.3. The molecule has 1 heterocycles. The zero-order valence-electron chi connectivity index (χ0n) is 10.5. The average Bonchev–Trinajstić information content (AvgIpc) is 2.63. The van der Waals surface area contributed by atoms with Crippen molar-refractivity contribution in [2.75, 3.05) is 0 Å². The van der Waals surface area contributed by atoms with Gasteiger partial charge in [0.25, 0.3) is 0 Å². The number of hydrogen-bond donors (Lipinski definition) is 0. The second kappa shape index (κ2) is 4.58. The van der Waals surface area contributed by atoms with Gasteiger partial charge in [0.05, 0.1) is 5.69 Å². The molecule has 0 amide bonds. The van der Waals surface area contributed by atoms with Gasteiger partial charge in [0.15, 0.2) is 5.78 Å². The molecule has 2 aromatic rings. The van der Waals surface area contributed by atoms with Crippen molar-refractivity contribution in [2.24, 2.45) is 0 Å². The molecule has 88 valence electrons. The van der Waals surface area contributed by atoms with Crippen molar-refractivity contribution >= 4 is 5.78 Å². The molecule has 1 aromatic carbocycles. The van der Waals surface area contributed by atoms with E-state index in [0.29, 0.717) is 0 Å². The fraction of sp³-hybridized carbons (Fsp3) is 0.267. The third kappa shape index (κ3) is 2.64. The molecule has 1 aromatic heterocycles. The maximum atomic E-state index is 11.4. The van der Waals surface area contributed by atoms with E-state index in [1.54, 1.807) is 6.92 Å². The van der Waals surface area contributed by atoms with Gasteiger partial charge in [-0.3, -0.25) is 4.79 Å². The first-order valence-electron chi connectivity index (χ1n) is 5.79. The van der Waals surface area contributed by atoms with Gasteiger partial charge in [0.1, 0.15) is 0 Å². The van der Waals surface area contributed by atoms with E-state index in [-0.39, 0.29) is 5.78 Å². The van der Waals surface area contributed by atoms with Crippen molar-refractivity contribution in [3.8, 4) is 0 Å². The van der Waals surface area contributed by atoms with Crippen LogP contribution in [0.2, 0.25) is 0 Å². The van der Waals surface area contributed by atoms with Crippen molar-refractivity contribution in [1.82, 2.24) is 4.57 Å². The molecule has 0 N–H and O–H groups in total. The first kappa shape index (κ1) is 11.6. The molecular formula is C15H17NO. The van der Waals surface area contributed by atoms with E-state index in [1.165, 1.54) is 16.7 Å². The summed E-state index contributed by atoms with van der Waals surface area (Å²) >= 11 is 0. The summed E-state index contributed by atoms with van der Waals surface area (Å²) in [7, 11) is 0. The predicted molar refractivity (Wildman–Crippen MR) is 69.5 cm³/mol. The maximum absolute atomic E-state index is 11.4. The molecule has 0 saturated heterocycles. The van der Waals surface area contributed by atoms with Crippen LogP contribution in [-0.2, 0) is 6.54 Å². The average molecular weight is 227 g/mol. The molecule has 0 atom stereocenters. The molecule has 0 saturated carbocycles. The van der Waals surface area contributed by atoms with Crippen LogP contribution in [0.3, 0.4) is 0 Å². The van der Waals surface area contributed by atoms with E-state index < -0.39 is 0 Å². The zero-order chi connectivity index (χ0) is 12.4. The van der Waals surface area contributed by atoms with Gasteiger partial charge in [0, 0.05) is 19.7 Å². The lowest BCUT2D eigenvalue weighted by Crippen LogP contribution is -2.06. The second-order valence-electron chi connectivity index (χ2n) is 4.57. The Bertz CT molecular complexity index is 532. The Morgan fingerprint density at radius 2 is 1.82 bits per heavy atom. The van der Waals surface area contributed by atoms with Gasteiger partial charge in [-0.05, 0) is 31.5 Å². The molecule has 17 heavy (non-hydrogen) atoms. The standard InChI is InChI=1S/C15H17NO/c1-11-7-12(2)9-14(8-11)10-16-6-4-5-15(16)13(3)17/h4-9H,10H2,1-3H3. The third-order valence-corrected chi connectivity index (χ3v) is 2.82. The number of aryl methyl sites for hydroxylation is 2. The zero-order valence-corrected chi connectivity index (χ0v) is 10.5. The lowest BCUT2D eigenvalue weighted by Gasteiger charge is -2.09. The number of carbonyl (C=O) groups excluding carboxylic acids is 1. The topological polar surface area (TPSA) is 22.0 Å². The number of benzene rings is 1. The van der Waals surface area contributed by atoms with Crippen LogP contribution in [0, 0.1) is 13.8 Å². The van der Waals surface area contributed by atoms with Crippen LogP contribution in [-0.4, -0.2) is 10.4 Å². The quantitative estimate of drug-likeness (QED) is 0.737. The highest BCUT2D eigenvalue weighted by Gasteiger charge is 2.06. The Morgan fingerprint density at radius 1 is 1.18 bits per heavy atom. The molecule has 0 aliphatic heterocycles. The SMILES string of the molecule is CC(=O)c1cccn1Cc1cc(C)cc(C)c1. The normalized spacial score (nSPS) is 10.5. The smallest absolute Gasteiger partial charge is 0.176 e. The van der Waals surface area contributed by atoms with Crippen LogP contribution in [0.15, 0.2) is 36.5 Å². The highest BCUT2D eigenvalue weighted by Crippen LogP contribution is 2.12. The Hall–Kier alpha value is -1.83. The Balaban J connectivity index is 2.31. The van der Waals surface area contributed by atoms with E-state index in [2.05, 4.69) is 32.0 Å². The summed E-state index contributed by atoms with van der Waals surface area (Å²) < 4.78 is 2.00. The molecule has 0 radical (unpaired) electrons. The highest BCUT2D eigenvalue weighted by molar-refractivity contribution is 5.92. The number of ketones is 1. The molecule has 2 rings (SSSR count). The van der Waals surface area contributed by atoms with Crippen molar-refractivity contribution < 1.29 is 4.79 Å². The molecule has 0 aliphatic carbocycles. The van der Waals surface area contributed by atoms with E-state index in [4.69, 9.17) is 0 Å². The van der Waals surface area contributed by atoms with Gasteiger partial charge in [-0.15, -0.1) is 0 Å². The number of aromatic nitrogens is 1. The largest absolute Gasteiger partial charge is 0.341 e. The minimum Gasteiger partial charge on any atom is -0.341 e. The molecule has 0 fully saturated rings. The predicted octanol–water partition coefficient (Wildman–Crippen LogP) is 3.36. The summed E-state index contributed by atoms with van der Waals surface area (Å²) in [5.74, 6) is 0.111. The van der Waals surface area contributed by atoms with Crippen molar-refractivity contribution in [3.63, 3.8) is 0 Å². The van der Waals surface area contributed by atoms with Gasteiger partial charge < -0.3 is 4.57 Å². The van der Waals surface area contributed by atoms with Crippen molar-refractivity contribution in [3.05, 3.63) is 58.9 Å². The van der Waals surface area contributed by atoms with Crippen LogP contribution >= 0.6 is 0 Å². The second-order valence-corrected chi connectivity index (χ2v) is 4.57. The van der Waals surface area contributed by atoms with Crippen LogP contribution in [0.25, 0.3) is 0 Å². The molecule has 0 aliphatic rings. The Labute approximate surface area is 102 Å². The van der Waals surface area contributed by atoms with E-state index in [9.17, 15) is 4.79 Å². The molecule has 2 heteroatoms. The summed E-state index contributed by atoms with van der Waals surface area (Å²) in [4.78, 5) is 11.4. The number of rotatable bonds is 3. The van der Waals surface area contributed by atoms with Crippen LogP contribution in [0.1, 0.15) is 34.1 Å². The number of carbonyl (C=O) groups is 1. The van der Waals surface area contributed by atoms with Gasteiger partial charge in [-0.1, -0.05) is 29.3 Å². The summed E-state index contributed by atoms with van der Waals surface area (Å²) in [6.45, 7) is 6.55.